The Morgan fingerprint density at radius 2 is 0.604 bits per heavy atom. The monoisotopic (exact) mass is 657 g/mol. The molecule has 0 N–H and O–H groups in total. The van der Waals surface area contributed by atoms with Gasteiger partial charge in [0, 0.05) is 78.7 Å². The Morgan fingerprint density at radius 3 is 0.938 bits per heavy atom. The number of rotatable bonds is 0. The SMILES string of the molecule is c1cc2sc3c4c2c(c1)c1ccc2c5sc6cccc7c6c5c5c(c4c4c6c8c(sc9cccc(c98)c8ccc3n84)c3ccc7n3c56)n12. The summed E-state index contributed by atoms with van der Waals surface area (Å²) in [6.07, 6.45) is 0. The van der Waals surface area contributed by atoms with E-state index in [0.29, 0.717) is 0 Å². The van der Waals surface area contributed by atoms with Gasteiger partial charge in [-0.25, -0.2) is 0 Å². The zero-order chi connectivity index (χ0) is 30.0. The highest BCUT2D eigenvalue weighted by Gasteiger charge is 2.33. The fourth-order valence-corrected chi connectivity index (χ4v) is 14.4. The van der Waals surface area contributed by atoms with E-state index in [-0.39, 0.29) is 0 Å². The maximum Gasteiger partial charge on any atom is 0.0663 e. The van der Waals surface area contributed by atoms with Crippen LogP contribution in [0.1, 0.15) is 0 Å². The second-order valence-electron chi connectivity index (χ2n) is 13.9. The summed E-state index contributed by atoms with van der Waals surface area (Å²) in [4.78, 5) is 0. The molecule has 0 unspecified atom stereocenters. The van der Waals surface area contributed by atoms with Crippen LogP contribution in [0.2, 0.25) is 0 Å². The fourth-order valence-electron chi connectivity index (χ4n) is 10.6. The van der Waals surface area contributed by atoms with Gasteiger partial charge in [-0.15, -0.1) is 34.0 Å². The lowest BCUT2D eigenvalue weighted by molar-refractivity contribution is 1.34. The summed E-state index contributed by atoms with van der Waals surface area (Å²) < 4.78 is 16.3. The molecule has 0 atom stereocenters. The zero-order valence-corrected chi connectivity index (χ0v) is 27.2. The van der Waals surface area contributed by atoms with Crippen LogP contribution in [0.25, 0.3) is 142 Å². The maximum absolute atomic E-state index is 2.67. The Kier molecular flexibility index (Phi) is 3.02. The third-order valence-electron chi connectivity index (χ3n) is 12.2. The molecular formula is C42H15N3S3. The van der Waals surface area contributed by atoms with Gasteiger partial charge in [-0.3, -0.25) is 0 Å². The number of fused-ring (bicyclic) bond motifs is 6. The maximum atomic E-state index is 2.67. The standard InChI is InChI=1S/C42H15N3S3/c1-4-16-19-10-13-23-41-32-29-18(6-3-8-26(29)47-41)21-12-15-24-42-33-30-17(5-2-9-27(30)48-42)20-11-14-22-40-31(28(16)25(7-1)46-40)34-37(43(19)23)35(32)39(45(21)24)36(33)38(34)44(20)22/h1-15H. The number of benzene rings is 4. The summed E-state index contributed by atoms with van der Waals surface area (Å²) in [5, 5.41) is 16.9. The van der Waals surface area contributed by atoms with E-state index < -0.39 is 0 Å². The third kappa shape index (κ3) is 1.89. The van der Waals surface area contributed by atoms with Gasteiger partial charge in [0.15, 0.2) is 0 Å². The highest BCUT2D eigenvalue weighted by molar-refractivity contribution is 7.28. The second kappa shape index (κ2) is 6.51. The largest absolute Gasteiger partial charge is 0.307 e. The first-order valence-electron chi connectivity index (χ1n) is 16.5. The Labute approximate surface area is 279 Å². The third-order valence-corrected chi connectivity index (χ3v) is 15.7. The van der Waals surface area contributed by atoms with E-state index >= 15 is 0 Å². The van der Waals surface area contributed by atoms with Crippen molar-refractivity contribution in [2.75, 3.05) is 0 Å². The van der Waals surface area contributed by atoms with Gasteiger partial charge in [-0.2, -0.15) is 0 Å². The van der Waals surface area contributed by atoms with Crippen molar-refractivity contribution in [1.29, 1.82) is 0 Å². The van der Waals surface area contributed by atoms with Crippen LogP contribution >= 0.6 is 34.0 Å². The Morgan fingerprint density at radius 1 is 0.292 bits per heavy atom. The molecule has 0 bridgehead atoms. The summed E-state index contributed by atoms with van der Waals surface area (Å²) in [6.45, 7) is 0. The van der Waals surface area contributed by atoms with Gasteiger partial charge in [0.1, 0.15) is 0 Å². The normalized spacial score (nSPS) is 14.2. The lowest BCUT2D eigenvalue weighted by Gasteiger charge is -2.18. The molecule has 3 nitrogen and oxygen atoms in total. The zero-order valence-electron chi connectivity index (χ0n) is 24.7. The van der Waals surface area contributed by atoms with Crippen LogP contribution in [0.15, 0.2) is 91.0 Å². The molecule has 12 aromatic heterocycles. The first kappa shape index (κ1) is 22.2. The van der Waals surface area contributed by atoms with Crippen LogP contribution in [-0.2, 0) is 0 Å². The lowest BCUT2D eigenvalue weighted by Crippen LogP contribution is -1.99. The summed E-state index contributed by atoms with van der Waals surface area (Å²) >= 11 is 5.92. The molecule has 0 aliphatic heterocycles. The fraction of sp³-hybridized carbons (Fsp3) is 0. The van der Waals surface area contributed by atoms with Crippen molar-refractivity contribution >= 4 is 176 Å². The molecule has 48 heavy (non-hydrogen) atoms. The van der Waals surface area contributed by atoms with Crippen LogP contribution in [0.5, 0.6) is 0 Å². The van der Waals surface area contributed by atoms with Crippen molar-refractivity contribution in [2.24, 2.45) is 0 Å². The van der Waals surface area contributed by atoms with E-state index in [4.69, 9.17) is 0 Å². The van der Waals surface area contributed by atoms with Crippen LogP contribution in [0, 0.1) is 0 Å². The quantitative estimate of drug-likeness (QED) is 0.144. The van der Waals surface area contributed by atoms with E-state index in [1.165, 1.54) is 142 Å². The predicted octanol–water partition coefficient (Wildman–Crippen LogP) is 13.1. The number of thiophene rings is 3. The second-order valence-corrected chi connectivity index (χ2v) is 17.1. The lowest BCUT2D eigenvalue weighted by atomic mass is 9.94. The Balaban J connectivity index is 1.52. The molecule has 0 saturated carbocycles. The van der Waals surface area contributed by atoms with Crippen LogP contribution < -0.4 is 0 Å². The first-order valence-corrected chi connectivity index (χ1v) is 18.9. The number of hydrogen-bond acceptors (Lipinski definition) is 3. The van der Waals surface area contributed by atoms with Crippen molar-refractivity contribution < 1.29 is 0 Å². The summed E-state index contributed by atoms with van der Waals surface area (Å²) in [5.74, 6) is 0. The molecular weight excluding hydrogens is 643 g/mol. The van der Waals surface area contributed by atoms with Gasteiger partial charge < -0.3 is 13.2 Å². The van der Waals surface area contributed by atoms with Crippen molar-refractivity contribution in [3.8, 4) is 0 Å². The van der Waals surface area contributed by atoms with Crippen molar-refractivity contribution in [3.63, 3.8) is 0 Å². The van der Waals surface area contributed by atoms with Gasteiger partial charge in [-0.05, 0) is 54.6 Å². The summed E-state index contributed by atoms with van der Waals surface area (Å²) in [5.41, 5.74) is 12.0. The topological polar surface area (TPSA) is 13.2 Å². The van der Waals surface area contributed by atoms with E-state index in [9.17, 15) is 0 Å². The highest BCUT2D eigenvalue weighted by Crippen LogP contribution is 2.58. The van der Waals surface area contributed by atoms with Crippen LogP contribution in [0.4, 0.5) is 0 Å². The molecule has 6 heteroatoms. The molecule has 0 amide bonds. The van der Waals surface area contributed by atoms with Crippen molar-refractivity contribution in [3.05, 3.63) is 91.0 Å². The molecule has 0 radical (unpaired) electrons. The first-order chi connectivity index (χ1) is 23.8. The average molecular weight is 658 g/mol. The van der Waals surface area contributed by atoms with Gasteiger partial charge >= 0.3 is 0 Å². The highest BCUT2D eigenvalue weighted by atomic mass is 32.1. The number of pyridine rings is 3. The minimum Gasteiger partial charge on any atom is -0.307 e. The minimum atomic E-state index is 1.31. The molecule has 12 heterocycles. The van der Waals surface area contributed by atoms with E-state index in [2.05, 4.69) is 104 Å². The van der Waals surface area contributed by atoms with E-state index in [1.807, 2.05) is 34.0 Å². The smallest absolute Gasteiger partial charge is 0.0663 e. The average Bonchev–Trinajstić information content (AvgIpc) is 3.94. The predicted molar refractivity (Wildman–Crippen MR) is 210 cm³/mol. The molecule has 0 saturated heterocycles. The van der Waals surface area contributed by atoms with Crippen molar-refractivity contribution in [2.45, 2.75) is 0 Å². The Bertz CT molecular complexity index is 3630. The minimum absolute atomic E-state index is 1.31. The molecule has 216 valence electrons. The molecule has 0 spiro atoms. The molecule has 0 aliphatic rings. The molecule has 4 aromatic carbocycles. The summed E-state index contributed by atoms with van der Waals surface area (Å²) in [7, 11) is 0. The van der Waals surface area contributed by atoms with Gasteiger partial charge in [0.25, 0.3) is 0 Å². The van der Waals surface area contributed by atoms with E-state index in [1.54, 1.807) is 0 Å². The van der Waals surface area contributed by atoms with Crippen LogP contribution in [0.3, 0.4) is 0 Å². The van der Waals surface area contributed by atoms with Crippen molar-refractivity contribution in [1.82, 2.24) is 13.2 Å². The Hall–Kier alpha value is -5.40. The molecule has 16 aromatic rings. The number of nitrogens with zero attached hydrogens (tertiary/aromatic N) is 3. The van der Waals surface area contributed by atoms with Gasteiger partial charge in [-0.1, -0.05) is 36.4 Å². The molecule has 16 rings (SSSR count). The van der Waals surface area contributed by atoms with E-state index in [0.717, 1.165) is 0 Å². The molecule has 0 aliphatic carbocycles. The van der Waals surface area contributed by atoms with Gasteiger partial charge in [0.2, 0.25) is 0 Å². The number of hydrogen-bond donors (Lipinski definition) is 0. The van der Waals surface area contributed by atoms with Gasteiger partial charge in [0.05, 0.1) is 63.8 Å². The summed E-state index contributed by atoms with van der Waals surface area (Å²) in [6, 6.07) is 35.4. The molecule has 0 fully saturated rings. The number of aromatic nitrogens is 3. The van der Waals surface area contributed by atoms with Crippen LogP contribution in [-0.4, -0.2) is 13.2 Å².